The van der Waals surface area contributed by atoms with Crippen LogP contribution in [0.3, 0.4) is 0 Å². The Morgan fingerprint density at radius 3 is 2.81 bits per heavy atom. The van der Waals surface area contributed by atoms with Gasteiger partial charge in [-0.15, -0.1) is 0 Å². The van der Waals surface area contributed by atoms with Crippen LogP contribution in [0.1, 0.15) is 13.3 Å². The molecule has 1 rings (SSSR count). The number of morpholine rings is 1. The van der Waals surface area contributed by atoms with Gasteiger partial charge in [0.25, 0.3) is 0 Å². The second-order valence-electron chi connectivity index (χ2n) is 4.07. The van der Waals surface area contributed by atoms with Gasteiger partial charge in [-0.25, -0.2) is 8.42 Å². The lowest BCUT2D eigenvalue weighted by Gasteiger charge is -2.34. The topological polar surface area (TPSA) is 46.6 Å². The number of ether oxygens (including phenoxy) is 1. The van der Waals surface area contributed by atoms with E-state index < -0.39 is 9.84 Å². The maximum Gasteiger partial charge on any atom is 0.151 e. The summed E-state index contributed by atoms with van der Waals surface area (Å²) < 4.78 is 28.6. The molecule has 6 heteroatoms. The van der Waals surface area contributed by atoms with Crippen LogP contribution in [0, 0.1) is 0 Å². The molecule has 1 saturated heterocycles. The fraction of sp³-hybridized carbons (Fsp3) is 1.00. The molecule has 1 atom stereocenters. The van der Waals surface area contributed by atoms with E-state index in [0.717, 1.165) is 11.9 Å². The second kappa shape index (κ2) is 6.93. The lowest BCUT2D eigenvalue weighted by molar-refractivity contribution is 0.00503. The predicted octanol–water partition coefficient (Wildman–Crippen LogP) is 0.907. The largest absolute Gasteiger partial charge is 0.378 e. The monoisotopic (exact) mass is 313 g/mol. The minimum absolute atomic E-state index is 0.268. The Labute approximate surface area is 106 Å². The molecule has 1 fully saturated rings. The van der Waals surface area contributed by atoms with E-state index in [9.17, 15) is 8.42 Å². The summed E-state index contributed by atoms with van der Waals surface area (Å²) in [5, 5.41) is 0.834. The Morgan fingerprint density at radius 2 is 2.19 bits per heavy atom. The summed E-state index contributed by atoms with van der Waals surface area (Å²) >= 11 is 3.43. The Bertz CT molecular complexity index is 294. The Hall–Kier alpha value is 0.350. The molecule has 96 valence electrons. The van der Waals surface area contributed by atoms with Crippen molar-refractivity contribution in [2.45, 2.75) is 19.4 Å². The molecule has 0 aromatic heterocycles. The van der Waals surface area contributed by atoms with E-state index in [1.54, 1.807) is 0 Å². The number of halogens is 1. The molecule has 1 unspecified atom stereocenters. The fourth-order valence-electron chi connectivity index (χ4n) is 1.80. The summed E-state index contributed by atoms with van der Waals surface area (Å²) in [6.07, 6.45) is 0.702. The predicted molar refractivity (Wildman–Crippen MR) is 68.9 cm³/mol. The van der Waals surface area contributed by atoms with Crippen molar-refractivity contribution in [3.8, 4) is 0 Å². The summed E-state index contributed by atoms with van der Waals surface area (Å²) in [6, 6.07) is 0.311. The van der Waals surface area contributed by atoms with Crippen LogP contribution in [-0.4, -0.2) is 62.5 Å². The summed E-state index contributed by atoms with van der Waals surface area (Å²) in [5.41, 5.74) is 0. The van der Waals surface area contributed by atoms with E-state index in [1.165, 1.54) is 0 Å². The van der Waals surface area contributed by atoms with Gasteiger partial charge in [0.15, 0.2) is 9.84 Å². The molecule has 0 spiro atoms. The lowest BCUT2D eigenvalue weighted by Crippen LogP contribution is -2.48. The van der Waals surface area contributed by atoms with Crippen LogP contribution in [0.25, 0.3) is 0 Å². The van der Waals surface area contributed by atoms with E-state index in [0.29, 0.717) is 38.0 Å². The highest BCUT2D eigenvalue weighted by molar-refractivity contribution is 9.09. The summed E-state index contributed by atoms with van der Waals surface area (Å²) in [5.74, 6) is 0.570. The van der Waals surface area contributed by atoms with Crippen LogP contribution in [0.5, 0.6) is 0 Å². The number of sulfone groups is 1. The Balaban J connectivity index is 2.41. The van der Waals surface area contributed by atoms with E-state index in [2.05, 4.69) is 20.8 Å². The third-order valence-corrected chi connectivity index (χ3v) is 5.31. The molecular weight excluding hydrogens is 294 g/mol. The molecule has 0 radical (unpaired) electrons. The van der Waals surface area contributed by atoms with Crippen LogP contribution in [0.15, 0.2) is 0 Å². The lowest BCUT2D eigenvalue weighted by atomic mass is 10.2. The van der Waals surface area contributed by atoms with Gasteiger partial charge in [-0.2, -0.15) is 0 Å². The molecule has 1 aliphatic heterocycles. The first-order chi connectivity index (χ1) is 7.59. The van der Waals surface area contributed by atoms with E-state index in [-0.39, 0.29) is 5.75 Å². The van der Waals surface area contributed by atoms with Crippen molar-refractivity contribution in [1.82, 2.24) is 4.90 Å². The third kappa shape index (κ3) is 4.69. The average molecular weight is 314 g/mol. The first-order valence-corrected chi connectivity index (χ1v) is 8.61. The van der Waals surface area contributed by atoms with Crippen molar-refractivity contribution in [2.75, 3.05) is 43.1 Å². The van der Waals surface area contributed by atoms with Gasteiger partial charge in [-0.3, -0.25) is 4.90 Å². The molecule has 1 aliphatic rings. The number of rotatable bonds is 6. The van der Waals surface area contributed by atoms with Gasteiger partial charge >= 0.3 is 0 Å². The van der Waals surface area contributed by atoms with Crippen LogP contribution < -0.4 is 0 Å². The fourth-order valence-corrected chi connectivity index (χ4v) is 3.73. The van der Waals surface area contributed by atoms with Gasteiger partial charge in [0.2, 0.25) is 0 Å². The zero-order chi connectivity index (χ0) is 12.0. The molecule has 0 aliphatic carbocycles. The SMILES string of the molecule is CCCS(=O)(=O)CCN1CCOCC1CBr. The van der Waals surface area contributed by atoms with Crippen molar-refractivity contribution in [2.24, 2.45) is 0 Å². The first-order valence-electron chi connectivity index (χ1n) is 5.67. The third-order valence-electron chi connectivity index (χ3n) is 2.73. The second-order valence-corrected chi connectivity index (χ2v) is 7.02. The van der Waals surface area contributed by atoms with Crippen LogP contribution in [0.2, 0.25) is 0 Å². The van der Waals surface area contributed by atoms with Gasteiger partial charge in [-0.05, 0) is 6.42 Å². The molecule has 1 heterocycles. The maximum absolute atomic E-state index is 11.6. The summed E-state index contributed by atoms with van der Waals surface area (Å²) in [7, 11) is -2.86. The Kier molecular flexibility index (Phi) is 6.25. The molecule has 0 aromatic rings. The number of hydrogen-bond acceptors (Lipinski definition) is 4. The number of nitrogens with zero attached hydrogens (tertiary/aromatic N) is 1. The van der Waals surface area contributed by atoms with Crippen molar-refractivity contribution < 1.29 is 13.2 Å². The first kappa shape index (κ1) is 14.4. The summed E-state index contributed by atoms with van der Waals surface area (Å²) in [4.78, 5) is 2.20. The van der Waals surface area contributed by atoms with Gasteiger partial charge in [0.1, 0.15) is 0 Å². The average Bonchev–Trinajstić information content (AvgIpc) is 2.27. The molecule has 16 heavy (non-hydrogen) atoms. The highest BCUT2D eigenvalue weighted by Crippen LogP contribution is 2.09. The van der Waals surface area contributed by atoms with Crippen molar-refractivity contribution in [3.05, 3.63) is 0 Å². The molecule has 0 N–H and O–H groups in total. The van der Waals surface area contributed by atoms with Gasteiger partial charge in [0, 0.05) is 30.2 Å². The van der Waals surface area contributed by atoms with Gasteiger partial charge < -0.3 is 4.74 Å². The molecule has 0 bridgehead atoms. The molecule has 4 nitrogen and oxygen atoms in total. The molecular formula is C10H20BrNO3S. The highest BCUT2D eigenvalue weighted by Gasteiger charge is 2.23. The standard InChI is InChI=1S/C10H20BrNO3S/c1-2-6-16(13,14)7-4-12-3-5-15-9-10(12)8-11/h10H,2-9H2,1H3. The normalized spacial score (nSPS) is 23.5. The number of hydrogen-bond donors (Lipinski definition) is 0. The van der Waals surface area contributed by atoms with Crippen molar-refractivity contribution >= 4 is 25.8 Å². The smallest absolute Gasteiger partial charge is 0.151 e. The zero-order valence-corrected chi connectivity index (χ0v) is 12.1. The maximum atomic E-state index is 11.6. The summed E-state index contributed by atoms with van der Waals surface area (Å²) in [6.45, 7) is 4.75. The minimum atomic E-state index is -2.86. The van der Waals surface area contributed by atoms with Crippen molar-refractivity contribution in [1.29, 1.82) is 0 Å². The minimum Gasteiger partial charge on any atom is -0.378 e. The highest BCUT2D eigenvalue weighted by atomic mass is 79.9. The van der Waals surface area contributed by atoms with Gasteiger partial charge in [0.05, 0.1) is 19.0 Å². The molecule has 0 saturated carbocycles. The zero-order valence-electron chi connectivity index (χ0n) is 9.69. The van der Waals surface area contributed by atoms with E-state index in [4.69, 9.17) is 4.74 Å². The number of alkyl halides is 1. The van der Waals surface area contributed by atoms with Crippen LogP contribution in [-0.2, 0) is 14.6 Å². The Morgan fingerprint density at radius 1 is 1.44 bits per heavy atom. The van der Waals surface area contributed by atoms with Crippen LogP contribution in [0.4, 0.5) is 0 Å². The van der Waals surface area contributed by atoms with Crippen LogP contribution >= 0.6 is 15.9 Å². The quantitative estimate of drug-likeness (QED) is 0.684. The van der Waals surface area contributed by atoms with Gasteiger partial charge in [-0.1, -0.05) is 22.9 Å². The molecule has 0 amide bonds. The van der Waals surface area contributed by atoms with Crippen molar-refractivity contribution in [3.63, 3.8) is 0 Å². The molecule has 0 aromatic carbocycles. The van der Waals surface area contributed by atoms with E-state index in [1.807, 2.05) is 6.92 Å². The van der Waals surface area contributed by atoms with E-state index >= 15 is 0 Å².